The molecule has 2 heterocycles. The van der Waals surface area contributed by atoms with Crippen LogP contribution in [0.25, 0.3) is 0 Å². The molecule has 0 aromatic carbocycles. The van der Waals surface area contributed by atoms with E-state index in [1.54, 1.807) is 28.0 Å². The monoisotopic (exact) mass is 156 g/mol. The standard InChI is InChI=1S/C5H4N2S2/c1-2-4-5(6-3-1)8-9-7-4/h1-3,7H. The molecule has 0 atom stereocenters. The molecule has 2 rings (SSSR count). The Labute approximate surface area is 61.0 Å². The highest BCUT2D eigenvalue weighted by Crippen LogP contribution is 2.42. The zero-order chi connectivity index (χ0) is 6.10. The fraction of sp³-hybridized carbons (Fsp3) is 0. The average molecular weight is 156 g/mol. The molecule has 0 spiro atoms. The molecule has 4 heteroatoms. The van der Waals surface area contributed by atoms with Crippen LogP contribution < -0.4 is 4.72 Å². The van der Waals surface area contributed by atoms with E-state index in [1.807, 2.05) is 12.1 Å². The van der Waals surface area contributed by atoms with Crippen LogP contribution in [0.5, 0.6) is 0 Å². The lowest BCUT2D eigenvalue weighted by molar-refractivity contribution is 1.15. The summed E-state index contributed by atoms with van der Waals surface area (Å²) >= 11 is 0. The zero-order valence-corrected chi connectivity index (χ0v) is 6.13. The zero-order valence-electron chi connectivity index (χ0n) is 4.50. The lowest BCUT2D eigenvalue weighted by Crippen LogP contribution is -1.78. The number of anilines is 1. The molecule has 0 fully saturated rings. The first-order chi connectivity index (χ1) is 4.47. The van der Waals surface area contributed by atoms with Gasteiger partial charge in [-0.1, -0.05) is 0 Å². The minimum atomic E-state index is 1.09. The summed E-state index contributed by atoms with van der Waals surface area (Å²) < 4.78 is 3.12. The molecule has 0 amide bonds. The van der Waals surface area contributed by atoms with Crippen LogP contribution in [0.4, 0.5) is 5.69 Å². The maximum absolute atomic E-state index is 4.14. The number of aromatic nitrogens is 1. The number of nitrogens with one attached hydrogen (secondary N) is 1. The molecule has 0 saturated carbocycles. The van der Waals surface area contributed by atoms with Gasteiger partial charge >= 0.3 is 0 Å². The van der Waals surface area contributed by atoms with Crippen molar-refractivity contribution in [1.82, 2.24) is 4.98 Å². The first-order valence-electron chi connectivity index (χ1n) is 2.51. The molecule has 0 radical (unpaired) electrons. The van der Waals surface area contributed by atoms with Gasteiger partial charge in [-0.25, -0.2) is 4.98 Å². The molecule has 1 aromatic rings. The number of pyridine rings is 1. The Morgan fingerprint density at radius 2 is 2.56 bits per heavy atom. The van der Waals surface area contributed by atoms with Crippen LogP contribution >= 0.6 is 21.8 Å². The Morgan fingerprint density at radius 3 is 3.44 bits per heavy atom. The lowest BCUT2D eigenvalue weighted by atomic mass is 10.4. The van der Waals surface area contributed by atoms with Crippen molar-refractivity contribution in [3.8, 4) is 0 Å². The third-order valence-electron chi connectivity index (χ3n) is 1.04. The number of rotatable bonds is 0. The van der Waals surface area contributed by atoms with Gasteiger partial charge in [0.2, 0.25) is 0 Å². The summed E-state index contributed by atoms with van der Waals surface area (Å²) in [5.41, 5.74) is 1.13. The van der Waals surface area contributed by atoms with Gasteiger partial charge in [-0.3, -0.25) is 0 Å². The van der Waals surface area contributed by atoms with Gasteiger partial charge in [0, 0.05) is 17.2 Å². The van der Waals surface area contributed by atoms with Crippen LogP contribution in [-0.2, 0) is 0 Å². The van der Waals surface area contributed by atoms with Crippen LogP contribution in [0.15, 0.2) is 23.4 Å². The van der Waals surface area contributed by atoms with Crippen molar-refractivity contribution in [1.29, 1.82) is 0 Å². The van der Waals surface area contributed by atoms with Crippen LogP contribution in [0, 0.1) is 0 Å². The van der Waals surface area contributed by atoms with Gasteiger partial charge in [0.1, 0.15) is 5.03 Å². The molecule has 1 N–H and O–H groups in total. The first-order valence-corrected chi connectivity index (χ1v) is 4.66. The second-order valence-corrected chi connectivity index (χ2v) is 3.55. The Hall–Kier alpha value is -0.350. The molecular weight excluding hydrogens is 152 g/mol. The maximum atomic E-state index is 4.14. The number of fused-ring (bicyclic) bond motifs is 1. The Kier molecular flexibility index (Phi) is 1.28. The van der Waals surface area contributed by atoms with E-state index in [1.165, 1.54) is 0 Å². The summed E-state index contributed by atoms with van der Waals surface area (Å²) in [6.45, 7) is 0. The first kappa shape index (κ1) is 5.44. The van der Waals surface area contributed by atoms with Crippen molar-refractivity contribution in [2.45, 2.75) is 5.03 Å². The number of hydrogen-bond acceptors (Lipinski definition) is 4. The second-order valence-electron chi connectivity index (χ2n) is 1.62. The molecule has 1 aliphatic heterocycles. The van der Waals surface area contributed by atoms with Crippen molar-refractivity contribution in [3.63, 3.8) is 0 Å². The molecule has 0 unspecified atom stereocenters. The number of hydrogen-bond donors (Lipinski definition) is 1. The second kappa shape index (κ2) is 2.11. The fourth-order valence-electron chi connectivity index (χ4n) is 0.640. The Balaban J connectivity index is 2.54. The highest BCUT2D eigenvalue weighted by atomic mass is 33.1. The third kappa shape index (κ3) is 0.881. The van der Waals surface area contributed by atoms with E-state index in [0.717, 1.165) is 10.7 Å². The highest BCUT2D eigenvalue weighted by Gasteiger charge is 2.10. The van der Waals surface area contributed by atoms with Gasteiger partial charge in [0.05, 0.1) is 5.69 Å². The highest BCUT2D eigenvalue weighted by molar-refractivity contribution is 8.77. The molecular formula is C5H4N2S2. The van der Waals surface area contributed by atoms with E-state index >= 15 is 0 Å². The van der Waals surface area contributed by atoms with Crippen LogP contribution in [0.2, 0.25) is 0 Å². The molecule has 46 valence electrons. The summed E-state index contributed by atoms with van der Waals surface area (Å²) in [5.74, 6) is 0. The van der Waals surface area contributed by atoms with Crippen molar-refractivity contribution < 1.29 is 0 Å². The molecule has 0 bridgehead atoms. The van der Waals surface area contributed by atoms with E-state index in [9.17, 15) is 0 Å². The normalized spacial score (nSPS) is 14.7. The van der Waals surface area contributed by atoms with Crippen molar-refractivity contribution >= 4 is 27.5 Å². The van der Waals surface area contributed by atoms with Gasteiger partial charge in [-0.2, -0.15) is 0 Å². The summed E-state index contributed by atoms with van der Waals surface area (Å²) in [7, 11) is 3.27. The quantitative estimate of drug-likeness (QED) is 0.459. The topological polar surface area (TPSA) is 24.9 Å². The van der Waals surface area contributed by atoms with Gasteiger partial charge in [0.25, 0.3) is 0 Å². The van der Waals surface area contributed by atoms with Crippen molar-refractivity contribution in [2.24, 2.45) is 0 Å². The minimum Gasteiger partial charge on any atom is -0.318 e. The van der Waals surface area contributed by atoms with Gasteiger partial charge in [0.15, 0.2) is 0 Å². The van der Waals surface area contributed by atoms with Crippen LogP contribution in [0.1, 0.15) is 0 Å². The van der Waals surface area contributed by atoms with E-state index in [2.05, 4.69) is 9.71 Å². The molecule has 1 aliphatic rings. The minimum absolute atomic E-state index is 1.09. The van der Waals surface area contributed by atoms with Gasteiger partial charge < -0.3 is 4.72 Å². The van der Waals surface area contributed by atoms with E-state index < -0.39 is 0 Å². The van der Waals surface area contributed by atoms with Gasteiger partial charge in [-0.15, -0.1) is 0 Å². The number of nitrogens with zero attached hydrogens (tertiary/aromatic N) is 1. The van der Waals surface area contributed by atoms with Crippen molar-refractivity contribution in [3.05, 3.63) is 18.3 Å². The van der Waals surface area contributed by atoms with E-state index in [4.69, 9.17) is 0 Å². The van der Waals surface area contributed by atoms with Gasteiger partial charge in [-0.05, 0) is 22.9 Å². The maximum Gasteiger partial charge on any atom is 0.132 e. The predicted octanol–water partition coefficient (Wildman–Crippen LogP) is 2.16. The van der Waals surface area contributed by atoms with Crippen LogP contribution in [-0.4, -0.2) is 4.98 Å². The summed E-state index contributed by atoms with van der Waals surface area (Å²) in [4.78, 5) is 4.14. The molecule has 9 heavy (non-hydrogen) atoms. The molecule has 0 saturated heterocycles. The summed E-state index contributed by atoms with van der Waals surface area (Å²) in [6.07, 6.45) is 1.80. The molecule has 1 aromatic heterocycles. The SMILES string of the molecule is c1cnc2c(c1)NSS2. The Morgan fingerprint density at radius 1 is 1.56 bits per heavy atom. The largest absolute Gasteiger partial charge is 0.318 e. The molecule has 0 aliphatic carbocycles. The van der Waals surface area contributed by atoms with Crippen molar-refractivity contribution in [2.75, 3.05) is 4.72 Å². The predicted molar refractivity (Wildman–Crippen MR) is 41.3 cm³/mol. The molecule has 2 nitrogen and oxygen atoms in total. The average Bonchev–Trinajstić information content (AvgIpc) is 2.33. The Bertz CT molecular complexity index is 203. The van der Waals surface area contributed by atoms with E-state index in [0.29, 0.717) is 0 Å². The van der Waals surface area contributed by atoms with E-state index in [-0.39, 0.29) is 0 Å². The lowest BCUT2D eigenvalue weighted by Gasteiger charge is -1.90. The third-order valence-corrected chi connectivity index (χ3v) is 2.89. The van der Waals surface area contributed by atoms with Crippen LogP contribution in [0.3, 0.4) is 0 Å². The summed E-state index contributed by atoms with van der Waals surface area (Å²) in [5, 5.41) is 1.09. The smallest absolute Gasteiger partial charge is 0.132 e. The fourth-order valence-corrected chi connectivity index (χ4v) is 2.42. The summed E-state index contributed by atoms with van der Waals surface area (Å²) in [6, 6.07) is 3.95.